The van der Waals surface area contributed by atoms with Crippen molar-refractivity contribution in [2.24, 2.45) is 17.8 Å². The molecule has 0 N–H and O–H groups in total. The standard InChI is InChI=1S/3C12H20O4.2Al/c3*1-2-3-4-5-6-7-8-10(12(15)16)9-11(13)14;;/h3*7-8,10H,2-6,9H2,1H3,(H,13,14)(H,15,16);;/q;;;2*+3/p-6/b3*8-7+;;. The Labute approximate surface area is 319 Å². The Morgan fingerprint density at radius 3 is 0.780 bits per heavy atom. The summed E-state index contributed by atoms with van der Waals surface area (Å²) in [5.41, 5.74) is 0. The average molecular weight is 733 g/mol. The smallest absolute Gasteiger partial charge is 0.550 e. The summed E-state index contributed by atoms with van der Waals surface area (Å²) in [4.78, 5) is 62.4. The van der Waals surface area contributed by atoms with E-state index in [0.717, 1.165) is 96.3 Å². The molecule has 276 valence electrons. The third-order valence-corrected chi connectivity index (χ3v) is 6.85. The minimum absolute atomic E-state index is 0. The first-order chi connectivity index (χ1) is 22.7. The van der Waals surface area contributed by atoms with E-state index in [4.69, 9.17) is 0 Å². The molecule has 0 fully saturated rings. The number of carbonyl (C=O) groups excluding carboxylic acids is 6. The van der Waals surface area contributed by atoms with Gasteiger partial charge in [0.25, 0.3) is 0 Å². The molecule has 0 aromatic carbocycles. The Hall–Kier alpha value is -2.90. The van der Waals surface area contributed by atoms with Crippen molar-refractivity contribution in [2.45, 2.75) is 136 Å². The molecule has 0 rings (SSSR count). The van der Waals surface area contributed by atoms with Crippen LogP contribution in [0, 0.1) is 17.8 Å². The molecule has 0 aromatic rings. The molecule has 0 aliphatic rings. The zero-order valence-corrected chi connectivity index (χ0v) is 32.3. The summed E-state index contributed by atoms with van der Waals surface area (Å²) >= 11 is 0. The number of carboxylic acids is 6. The number of carbonyl (C=O) groups is 6. The van der Waals surface area contributed by atoms with E-state index in [1.165, 1.54) is 18.2 Å². The normalized spacial score (nSPS) is 12.3. The first kappa shape index (κ1) is 56.5. The largest absolute Gasteiger partial charge is 3.00 e. The van der Waals surface area contributed by atoms with Crippen LogP contribution in [0.15, 0.2) is 36.5 Å². The molecule has 14 heteroatoms. The second-order valence-electron chi connectivity index (χ2n) is 11.3. The van der Waals surface area contributed by atoms with Crippen molar-refractivity contribution in [3.8, 4) is 0 Å². The number of hydrogen-bond acceptors (Lipinski definition) is 12. The maximum Gasteiger partial charge on any atom is 3.00 e. The molecule has 50 heavy (non-hydrogen) atoms. The number of aliphatic carboxylic acids is 6. The second kappa shape index (κ2) is 40.5. The second-order valence-corrected chi connectivity index (χ2v) is 11.3. The summed E-state index contributed by atoms with van der Waals surface area (Å²) in [6, 6.07) is 0. The monoisotopic (exact) mass is 732 g/mol. The Kier molecular flexibility index (Phi) is 45.8. The number of hydrogen-bond donors (Lipinski definition) is 0. The van der Waals surface area contributed by atoms with E-state index in [9.17, 15) is 59.4 Å². The number of carboxylic acid groups (broad SMARTS) is 6. The minimum Gasteiger partial charge on any atom is -0.550 e. The zero-order chi connectivity index (χ0) is 37.2. The SMILES string of the molecule is CCCCCC/C=C/C(CC(=O)[O-])C(=O)[O-].CCCCCC/C=C/C(CC(=O)[O-])C(=O)[O-].CCCCCC/C=C/C(CC(=O)[O-])C(=O)[O-].[Al+3].[Al+3]. The molecule has 0 spiro atoms. The van der Waals surface area contributed by atoms with E-state index in [2.05, 4.69) is 20.8 Å². The molecule has 0 aromatic heterocycles. The minimum atomic E-state index is -1.37. The number of rotatable bonds is 27. The molecule has 0 aliphatic heterocycles. The molecule has 0 saturated heterocycles. The van der Waals surface area contributed by atoms with Crippen LogP contribution in [0.25, 0.3) is 0 Å². The van der Waals surface area contributed by atoms with Crippen molar-refractivity contribution < 1.29 is 59.4 Å². The summed E-state index contributed by atoms with van der Waals surface area (Å²) in [7, 11) is 0. The van der Waals surface area contributed by atoms with Gasteiger partial charge >= 0.3 is 34.7 Å². The van der Waals surface area contributed by atoms with Gasteiger partial charge in [-0.05, 0) is 57.8 Å². The summed E-state index contributed by atoms with van der Waals surface area (Å²) in [5.74, 6) is -11.4. The van der Waals surface area contributed by atoms with E-state index >= 15 is 0 Å². The number of allylic oxidation sites excluding steroid dienone is 3. The van der Waals surface area contributed by atoms with Crippen LogP contribution < -0.4 is 30.6 Å². The van der Waals surface area contributed by atoms with E-state index in [0.29, 0.717) is 0 Å². The van der Waals surface area contributed by atoms with E-state index < -0.39 is 72.8 Å². The number of unbranched alkanes of at least 4 members (excludes halogenated alkanes) is 12. The predicted octanol–water partition coefficient (Wildman–Crippen LogP) is -0.704. The molecule has 12 nitrogen and oxygen atoms in total. The van der Waals surface area contributed by atoms with Gasteiger partial charge in [0.2, 0.25) is 0 Å². The first-order valence-electron chi connectivity index (χ1n) is 16.9. The fraction of sp³-hybridized carbons (Fsp3) is 0.667. The van der Waals surface area contributed by atoms with Crippen LogP contribution >= 0.6 is 0 Å². The van der Waals surface area contributed by atoms with Gasteiger partial charge < -0.3 is 59.4 Å². The molecular weight excluding hydrogens is 678 g/mol. The summed E-state index contributed by atoms with van der Waals surface area (Å²) < 4.78 is 0. The van der Waals surface area contributed by atoms with Gasteiger partial charge in [-0.15, -0.1) is 0 Å². The van der Waals surface area contributed by atoms with Crippen LogP contribution in [-0.2, 0) is 28.8 Å². The third-order valence-electron chi connectivity index (χ3n) is 6.85. The van der Waals surface area contributed by atoms with Gasteiger partial charge in [0.15, 0.2) is 0 Å². The average Bonchev–Trinajstić information content (AvgIpc) is 3.00. The van der Waals surface area contributed by atoms with Gasteiger partial charge in [0, 0.05) is 53.6 Å². The summed E-state index contributed by atoms with van der Waals surface area (Å²) in [6.07, 6.45) is 23.3. The van der Waals surface area contributed by atoms with Crippen LogP contribution in [0.2, 0.25) is 0 Å². The van der Waals surface area contributed by atoms with Gasteiger partial charge in [0.05, 0.1) is 0 Å². The molecular formula is C36H54Al2O12. The maximum absolute atomic E-state index is 10.5. The van der Waals surface area contributed by atoms with Crippen LogP contribution in [0.1, 0.15) is 136 Å². The molecule has 0 amide bonds. The molecule has 0 heterocycles. The van der Waals surface area contributed by atoms with Crippen LogP contribution in [0.4, 0.5) is 0 Å². The van der Waals surface area contributed by atoms with E-state index in [1.54, 1.807) is 18.2 Å². The maximum atomic E-state index is 10.5. The van der Waals surface area contributed by atoms with Crippen LogP contribution in [-0.4, -0.2) is 70.5 Å². The summed E-state index contributed by atoms with van der Waals surface area (Å²) in [5, 5.41) is 62.4. The first-order valence-corrected chi connectivity index (χ1v) is 16.9. The third kappa shape index (κ3) is 43.1. The van der Waals surface area contributed by atoms with Crippen molar-refractivity contribution >= 4 is 70.5 Å². The van der Waals surface area contributed by atoms with Crippen LogP contribution in [0.3, 0.4) is 0 Å². The van der Waals surface area contributed by atoms with Crippen molar-refractivity contribution in [1.29, 1.82) is 0 Å². The van der Waals surface area contributed by atoms with Gasteiger partial charge in [-0.2, -0.15) is 0 Å². The predicted molar refractivity (Wildman–Crippen MR) is 180 cm³/mol. The molecule has 0 saturated carbocycles. The van der Waals surface area contributed by atoms with Gasteiger partial charge in [-0.25, -0.2) is 0 Å². The molecule has 0 aliphatic carbocycles. The molecule has 3 atom stereocenters. The van der Waals surface area contributed by atoms with Crippen molar-refractivity contribution in [3.05, 3.63) is 36.5 Å². The Bertz CT molecular complexity index is 872. The Balaban J connectivity index is -0.000000199. The van der Waals surface area contributed by atoms with Crippen molar-refractivity contribution in [1.82, 2.24) is 0 Å². The van der Waals surface area contributed by atoms with Gasteiger partial charge in [0.1, 0.15) is 0 Å². The van der Waals surface area contributed by atoms with Crippen LogP contribution in [0.5, 0.6) is 0 Å². The molecule has 3 unspecified atom stereocenters. The molecule has 0 radical (unpaired) electrons. The van der Waals surface area contributed by atoms with Crippen molar-refractivity contribution in [3.63, 3.8) is 0 Å². The quantitative estimate of drug-likeness (QED) is 0.0578. The van der Waals surface area contributed by atoms with E-state index in [-0.39, 0.29) is 34.7 Å². The van der Waals surface area contributed by atoms with Gasteiger partial charge in [-0.1, -0.05) is 115 Å². The fourth-order valence-corrected chi connectivity index (χ4v) is 4.08. The topological polar surface area (TPSA) is 241 Å². The fourth-order valence-electron chi connectivity index (χ4n) is 4.08. The zero-order valence-electron chi connectivity index (χ0n) is 30.0. The van der Waals surface area contributed by atoms with Crippen molar-refractivity contribution in [2.75, 3.05) is 0 Å². The Morgan fingerprint density at radius 1 is 0.400 bits per heavy atom. The Morgan fingerprint density at radius 2 is 0.620 bits per heavy atom. The van der Waals surface area contributed by atoms with E-state index in [1.807, 2.05) is 0 Å². The van der Waals surface area contributed by atoms with Gasteiger partial charge in [-0.3, -0.25) is 0 Å². The summed E-state index contributed by atoms with van der Waals surface area (Å²) in [6.45, 7) is 6.34. The molecule has 0 bridgehead atoms.